The Morgan fingerprint density at radius 3 is 2.80 bits per heavy atom. The molecule has 0 aliphatic carbocycles. The normalized spacial score (nSPS) is 16.1. The van der Waals surface area contributed by atoms with Crippen molar-refractivity contribution >= 4 is 50.6 Å². The van der Waals surface area contributed by atoms with Gasteiger partial charge >= 0.3 is 0 Å². The van der Waals surface area contributed by atoms with Gasteiger partial charge in [0.2, 0.25) is 0 Å². The number of nitrogens with one attached hydrogen (secondary N) is 1. The summed E-state index contributed by atoms with van der Waals surface area (Å²) in [6.07, 6.45) is 0. The smallest absolute Gasteiger partial charge is 0.161 e. The van der Waals surface area contributed by atoms with Crippen LogP contribution >= 0.6 is 39.9 Å². The molecule has 0 bridgehead atoms. The largest absolute Gasteiger partial charge is 0.389 e. The number of nitrogens with two attached hydrogens (primary N) is 1. The lowest BCUT2D eigenvalue weighted by atomic mass is 10.2. The van der Waals surface area contributed by atoms with Gasteiger partial charge in [-0.3, -0.25) is 4.90 Å². The van der Waals surface area contributed by atoms with Crippen LogP contribution in [0, 0.1) is 5.82 Å². The molecule has 3 nitrogen and oxygen atoms in total. The zero-order chi connectivity index (χ0) is 14.5. The van der Waals surface area contributed by atoms with Crippen molar-refractivity contribution in [3.8, 4) is 0 Å². The molecule has 1 saturated heterocycles. The molecule has 20 heavy (non-hydrogen) atoms. The number of halogens is 2. The molecule has 0 radical (unpaired) electrons. The maximum Gasteiger partial charge on any atom is 0.161 e. The number of anilines is 1. The molecule has 2 rings (SSSR count). The summed E-state index contributed by atoms with van der Waals surface area (Å²) in [5.41, 5.74) is 6.54. The highest BCUT2D eigenvalue weighted by Gasteiger charge is 2.13. The van der Waals surface area contributed by atoms with Gasteiger partial charge in [-0.1, -0.05) is 12.2 Å². The number of hydrogen-bond acceptors (Lipinski definition) is 4. The molecule has 0 aromatic heterocycles. The Labute approximate surface area is 136 Å². The van der Waals surface area contributed by atoms with Crippen LogP contribution in [-0.4, -0.2) is 47.6 Å². The van der Waals surface area contributed by atoms with Crippen molar-refractivity contribution in [1.82, 2.24) is 4.90 Å². The molecule has 7 heteroatoms. The predicted molar refractivity (Wildman–Crippen MR) is 92.2 cm³/mol. The highest BCUT2D eigenvalue weighted by atomic mass is 79.9. The Morgan fingerprint density at radius 2 is 2.15 bits per heavy atom. The van der Waals surface area contributed by atoms with Crippen LogP contribution in [0.15, 0.2) is 16.6 Å². The standard InChI is InChI=1S/C13H17BrFN3S2/c14-11-9(13(16)19)1-2-10(12(11)15)17-3-4-18-5-7-20-8-6-18/h1-2,17H,3-8H2,(H2,16,19). The van der Waals surface area contributed by atoms with Crippen LogP contribution in [0.4, 0.5) is 10.1 Å². The molecule has 3 N–H and O–H groups in total. The van der Waals surface area contributed by atoms with Gasteiger partial charge < -0.3 is 11.1 Å². The third kappa shape index (κ3) is 4.07. The van der Waals surface area contributed by atoms with E-state index < -0.39 is 0 Å². The van der Waals surface area contributed by atoms with Gasteiger partial charge in [0.1, 0.15) is 4.99 Å². The van der Waals surface area contributed by atoms with Crippen molar-refractivity contribution in [1.29, 1.82) is 0 Å². The SMILES string of the molecule is NC(=S)c1ccc(NCCN2CCSCC2)c(F)c1Br. The molecule has 1 aliphatic rings. The van der Waals surface area contributed by atoms with Gasteiger partial charge in [0, 0.05) is 43.2 Å². The number of benzene rings is 1. The van der Waals surface area contributed by atoms with Gasteiger partial charge in [-0.05, 0) is 28.1 Å². The Balaban J connectivity index is 1.92. The van der Waals surface area contributed by atoms with Crippen molar-refractivity contribution in [3.63, 3.8) is 0 Å². The van der Waals surface area contributed by atoms with Gasteiger partial charge in [-0.15, -0.1) is 0 Å². The summed E-state index contributed by atoms with van der Waals surface area (Å²) >= 11 is 10.1. The lowest BCUT2D eigenvalue weighted by Gasteiger charge is -2.26. The third-order valence-electron chi connectivity index (χ3n) is 3.19. The zero-order valence-electron chi connectivity index (χ0n) is 11.0. The Hall–Kier alpha value is -0.370. The molecule has 0 atom stereocenters. The number of thioether (sulfide) groups is 1. The first-order valence-electron chi connectivity index (χ1n) is 6.41. The van der Waals surface area contributed by atoms with E-state index in [1.54, 1.807) is 12.1 Å². The molecule has 0 amide bonds. The molecule has 1 aromatic carbocycles. The van der Waals surface area contributed by atoms with E-state index in [1.165, 1.54) is 11.5 Å². The van der Waals surface area contributed by atoms with E-state index in [2.05, 4.69) is 26.1 Å². The average Bonchev–Trinajstić information content (AvgIpc) is 2.44. The number of thiocarbonyl (C=S) groups is 1. The van der Waals surface area contributed by atoms with Crippen LogP contribution in [0.3, 0.4) is 0 Å². The highest BCUT2D eigenvalue weighted by Crippen LogP contribution is 2.27. The first-order chi connectivity index (χ1) is 9.59. The fraction of sp³-hybridized carbons (Fsp3) is 0.462. The molecule has 1 fully saturated rings. The maximum absolute atomic E-state index is 14.1. The number of hydrogen-bond donors (Lipinski definition) is 2. The van der Waals surface area contributed by atoms with Gasteiger partial charge in [0.05, 0.1) is 10.2 Å². The summed E-state index contributed by atoms with van der Waals surface area (Å²) in [7, 11) is 0. The topological polar surface area (TPSA) is 41.3 Å². The molecular formula is C13H17BrFN3S2. The third-order valence-corrected chi connectivity index (χ3v) is 5.13. The van der Waals surface area contributed by atoms with Gasteiger partial charge in [-0.25, -0.2) is 4.39 Å². The van der Waals surface area contributed by atoms with E-state index in [4.69, 9.17) is 18.0 Å². The van der Waals surface area contributed by atoms with Crippen molar-refractivity contribution in [2.45, 2.75) is 0 Å². The average molecular weight is 378 g/mol. The van der Waals surface area contributed by atoms with E-state index in [1.807, 2.05) is 11.8 Å². The summed E-state index contributed by atoms with van der Waals surface area (Å²) in [6, 6.07) is 3.41. The van der Waals surface area contributed by atoms with Crippen LogP contribution < -0.4 is 11.1 Å². The molecule has 0 saturated carbocycles. The zero-order valence-corrected chi connectivity index (χ0v) is 14.2. The number of rotatable bonds is 5. The highest BCUT2D eigenvalue weighted by molar-refractivity contribution is 9.10. The lowest BCUT2D eigenvalue weighted by molar-refractivity contribution is 0.314. The predicted octanol–water partition coefficient (Wildman–Crippen LogP) is 2.68. The van der Waals surface area contributed by atoms with Crippen LogP contribution in [0.1, 0.15) is 5.56 Å². The minimum atomic E-state index is -0.343. The maximum atomic E-state index is 14.1. The van der Waals surface area contributed by atoms with Crippen molar-refractivity contribution in [2.24, 2.45) is 5.73 Å². The van der Waals surface area contributed by atoms with E-state index in [9.17, 15) is 4.39 Å². The lowest BCUT2D eigenvalue weighted by Crippen LogP contribution is -2.36. The Bertz CT molecular complexity index is 493. The molecule has 1 aliphatic heterocycles. The summed E-state index contributed by atoms with van der Waals surface area (Å²) in [6.45, 7) is 3.87. The van der Waals surface area contributed by atoms with Crippen LogP contribution in [0.2, 0.25) is 0 Å². The van der Waals surface area contributed by atoms with E-state index >= 15 is 0 Å². The van der Waals surface area contributed by atoms with Gasteiger partial charge in [0.25, 0.3) is 0 Å². The second-order valence-electron chi connectivity index (χ2n) is 4.53. The summed E-state index contributed by atoms with van der Waals surface area (Å²) in [5.74, 6) is 2.02. The molecular weight excluding hydrogens is 361 g/mol. The molecule has 0 unspecified atom stereocenters. The van der Waals surface area contributed by atoms with Crippen LogP contribution in [-0.2, 0) is 0 Å². The van der Waals surface area contributed by atoms with E-state index in [0.717, 1.165) is 26.2 Å². The first kappa shape index (κ1) is 16.0. The minimum absolute atomic E-state index is 0.188. The molecule has 1 heterocycles. The summed E-state index contributed by atoms with van der Waals surface area (Å²) in [5, 5.41) is 3.13. The molecule has 0 spiro atoms. The van der Waals surface area contributed by atoms with Crippen molar-refractivity contribution in [3.05, 3.63) is 28.0 Å². The fourth-order valence-electron chi connectivity index (χ4n) is 2.05. The van der Waals surface area contributed by atoms with Crippen molar-refractivity contribution < 1.29 is 4.39 Å². The quantitative estimate of drug-likeness (QED) is 0.772. The van der Waals surface area contributed by atoms with Gasteiger partial charge in [0.15, 0.2) is 5.82 Å². The van der Waals surface area contributed by atoms with Crippen LogP contribution in [0.5, 0.6) is 0 Å². The second-order valence-corrected chi connectivity index (χ2v) is 6.99. The fourth-order valence-corrected chi connectivity index (χ4v) is 3.89. The first-order valence-corrected chi connectivity index (χ1v) is 8.77. The van der Waals surface area contributed by atoms with Crippen LogP contribution in [0.25, 0.3) is 0 Å². The summed E-state index contributed by atoms with van der Waals surface area (Å²) in [4.78, 5) is 2.58. The Morgan fingerprint density at radius 1 is 1.45 bits per heavy atom. The summed E-state index contributed by atoms with van der Waals surface area (Å²) < 4.78 is 14.5. The van der Waals surface area contributed by atoms with E-state index in [-0.39, 0.29) is 10.8 Å². The van der Waals surface area contributed by atoms with Crippen molar-refractivity contribution in [2.75, 3.05) is 43.0 Å². The number of nitrogens with zero attached hydrogens (tertiary/aromatic N) is 1. The van der Waals surface area contributed by atoms with E-state index in [0.29, 0.717) is 15.7 Å². The van der Waals surface area contributed by atoms with Gasteiger partial charge in [-0.2, -0.15) is 11.8 Å². The minimum Gasteiger partial charge on any atom is -0.389 e. The second kappa shape index (κ2) is 7.59. The molecule has 1 aromatic rings. The molecule has 110 valence electrons. The monoisotopic (exact) mass is 377 g/mol. The Kier molecular flexibility index (Phi) is 6.07.